The van der Waals surface area contributed by atoms with Gasteiger partial charge >= 0.3 is 5.97 Å². The number of carboxylic acids is 1. The van der Waals surface area contributed by atoms with E-state index in [4.69, 9.17) is 9.84 Å². The molecule has 4 N–H and O–H groups in total. The van der Waals surface area contributed by atoms with Crippen molar-refractivity contribution in [1.82, 2.24) is 0 Å². The zero-order valence-corrected chi connectivity index (χ0v) is 16.0. The fourth-order valence-electron chi connectivity index (χ4n) is 3.28. The molecule has 150 valence electrons. The second-order valence-electron chi connectivity index (χ2n) is 6.83. The van der Waals surface area contributed by atoms with Crippen molar-refractivity contribution in [3.05, 3.63) is 41.1 Å². The predicted octanol–water partition coefficient (Wildman–Crippen LogP) is 2.60. The number of aliphatic hydroxyl groups excluding tert-OH is 3. The summed E-state index contributed by atoms with van der Waals surface area (Å²) in [5.41, 5.74) is 0. The molecule has 1 aliphatic rings. The molecule has 0 aliphatic heterocycles. The van der Waals surface area contributed by atoms with Crippen molar-refractivity contribution >= 4 is 17.3 Å². The lowest BCUT2D eigenvalue weighted by atomic mass is 9.89. The zero-order valence-electron chi connectivity index (χ0n) is 15.2. The molecule has 1 heterocycles. The molecule has 2 rings (SSSR count). The summed E-state index contributed by atoms with van der Waals surface area (Å²) < 4.78 is 5.46. The lowest BCUT2D eigenvalue weighted by Gasteiger charge is -2.19. The van der Waals surface area contributed by atoms with Crippen molar-refractivity contribution in [2.24, 2.45) is 11.8 Å². The summed E-state index contributed by atoms with van der Waals surface area (Å²) in [6.45, 7) is 0.132. The van der Waals surface area contributed by atoms with Crippen LogP contribution >= 0.6 is 11.3 Å². The number of carbonyl (C=O) groups is 1. The first-order valence-electron chi connectivity index (χ1n) is 9.21. The van der Waals surface area contributed by atoms with Gasteiger partial charge in [0.15, 0.2) is 0 Å². The van der Waals surface area contributed by atoms with Gasteiger partial charge in [0.05, 0.1) is 12.2 Å². The van der Waals surface area contributed by atoms with Crippen LogP contribution in [0.5, 0.6) is 5.75 Å². The number of aliphatic hydroxyl groups is 3. The summed E-state index contributed by atoms with van der Waals surface area (Å²) in [6.07, 6.45) is 7.52. The minimum atomic E-state index is -0.801. The van der Waals surface area contributed by atoms with Crippen LogP contribution in [0.1, 0.15) is 32.1 Å². The van der Waals surface area contributed by atoms with Crippen LogP contribution < -0.4 is 4.74 Å². The predicted molar refractivity (Wildman–Crippen MR) is 104 cm³/mol. The molecule has 7 heteroatoms. The Kier molecular flexibility index (Phi) is 9.00. The highest BCUT2D eigenvalue weighted by Crippen LogP contribution is 2.36. The molecular formula is C20H28O6S. The monoisotopic (exact) mass is 396 g/mol. The van der Waals surface area contributed by atoms with Gasteiger partial charge in [-0.15, -0.1) is 11.3 Å². The van der Waals surface area contributed by atoms with Crippen molar-refractivity contribution in [3.63, 3.8) is 0 Å². The van der Waals surface area contributed by atoms with E-state index in [0.29, 0.717) is 25.7 Å². The van der Waals surface area contributed by atoms with Gasteiger partial charge in [-0.05, 0) is 36.6 Å². The molecule has 0 saturated heterocycles. The van der Waals surface area contributed by atoms with Gasteiger partial charge in [0, 0.05) is 24.1 Å². The van der Waals surface area contributed by atoms with Crippen molar-refractivity contribution in [2.75, 3.05) is 6.61 Å². The molecule has 6 nitrogen and oxygen atoms in total. The van der Waals surface area contributed by atoms with Gasteiger partial charge < -0.3 is 25.2 Å². The molecule has 0 amide bonds. The Balaban J connectivity index is 1.81. The van der Waals surface area contributed by atoms with E-state index in [-0.39, 0.29) is 24.9 Å². The molecule has 0 aromatic carbocycles. The Morgan fingerprint density at radius 2 is 2.15 bits per heavy atom. The van der Waals surface area contributed by atoms with Crippen LogP contribution in [0.25, 0.3) is 0 Å². The maximum absolute atomic E-state index is 10.5. The number of thiophene rings is 1. The smallest absolute Gasteiger partial charge is 0.303 e. The molecular weight excluding hydrogens is 368 g/mol. The molecule has 0 bridgehead atoms. The van der Waals surface area contributed by atoms with Gasteiger partial charge in [-0.3, -0.25) is 4.79 Å². The van der Waals surface area contributed by atoms with E-state index >= 15 is 0 Å². The average molecular weight is 397 g/mol. The van der Waals surface area contributed by atoms with Crippen LogP contribution in [-0.4, -0.2) is 51.3 Å². The number of carboxylic acid groups (broad SMARTS) is 1. The second kappa shape index (κ2) is 11.2. The van der Waals surface area contributed by atoms with E-state index in [0.717, 1.165) is 5.75 Å². The largest absolute Gasteiger partial charge is 0.490 e. The van der Waals surface area contributed by atoms with Crippen LogP contribution in [0.2, 0.25) is 0 Å². The lowest BCUT2D eigenvalue weighted by Crippen LogP contribution is -2.21. The van der Waals surface area contributed by atoms with Crippen LogP contribution in [-0.2, 0) is 4.79 Å². The third kappa shape index (κ3) is 7.46. The summed E-state index contributed by atoms with van der Waals surface area (Å²) >= 11 is 1.52. The van der Waals surface area contributed by atoms with E-state index in [2.05, 4.69) is 0 Å². The number of rotatable bonds is 11. The number of ether oxygens (including phenoxy) is 1. The number of allylic oxidation sites excluding steroid dienone is 2. The van der Waals surface area contributed by atoms with Crippen LogP contribution in [0.15, 0.2) is 41.1 Å². The Morgan fingerprint density at radius 3 is 2.85 bits per heavy atom. The Bertz CT molecular complexity index is 612. The third-order valence-electron chi connectivity index (χ3n) is 4.72. The Labute approximate surface area is 163 Å². The molecule has 27 heavy (non-hydrogen) atoms. The maximum Gasteiger partial charge on any atom is 0.303 e. The second-order valence-corrected chi connectivity index (χ2v) is 7.61. The van der Waals surface area contributed by atoms with E-state index in [1.807, 2.05) is 29.0 Å². The standard InChI is InChI=1S/C20H28O6S/c21-14(12-26-15-9-10-27-13-15)7-8-17-16(18(22)11-19(17)23)5-3-1-2-4-6-20(24)25/h1,3,7-10,13-14,16-19,21-23H,2,4-6,11-12H2,(H,24,25)/b3-1-,8-7+/t14-,16-,17?,18+,19-/m1/s1. The topological polar surface area (TPSA) is 107 Å². The Morgan fingerprint density at radius 1 is 1.33 bits per heavy atom. The summed E-state index contributed by atoms with van der Waals surface area (Å²) in [6, 6.07) is 1.83. The number of aliphatic carboxylic acids is 1. The van der Waals surface area contributed by atoms with Crippen LogP contribution in [0.3, 0.4) is 0 Å². The molecule has 1 saturated carbocycles. The minimum absolute atomic E-state index is 0.128. The third-order valence-corrected chi connectivity index (χ3v) is 5.39. The van der Waals surface area contributed by atoms with Crippen LogP contribution in [0, 0.1) is 11.8 Å². The average Bonchev–Trinajstić information content (AvgIpc) is 3.22. The summed E-state index contributed by atoms with van der Waals surface area (Å²) in [7, 11) is 0. The van der Waals surface area contributed by atoms with Crippen molar-refractivity contribution in [1.29, 1.82) is 0 Å². The number of unbranched alkanes of at least 4 members (excludes halogenated alkanes) is 1. The fourth-order valence-corrected chi connectivity index (χ4v) is 3.85. The molecule has 5 atom stereocenters. The molecule has 1 aliphatic carbocycles. The summed E-state index contributed by atoms with van der Waals surface area (Å²) in [5.74, 6) is -0.449. The van der Waals surface area contributed by atoms with Gasteiger partial charge in [-0.1, -0.05) is 24.3 Å². The van der Waals surface area contributed by atoms with E-state index in [1.54, 1.807) is 12.2 Å². The SMILES string of the molecule is O=C(O)CCC/C=C\C[C@@H]1C(/C=C/[C@@H](O)COc2ccsc2)[C@H](O)C[C@@H]1O. The molecule has 0 radical (unpaired) electrons. The summed E-state index contributed by atoms with van der Waals surface area (Å²) in [5, 5.41) is 42.8. The molecule has 1 aromatic heterocycles. The quantitative estimate of drug-likeness (QED) is 0.338. The highest BCUT2D eigenvalue weighted by Gasteiger charge is 2.39. The van der Waals surface area contributed by atoms with Crippen molar-refractivity contribution < 1.29 is 30.0 Å². The van der Waals surface area contributed by atoms with Gasteiger partial charge in [0.25, 0.3) is 0 Å². The lowest BCUT2D eigenvalue weighted by molar-refractivity contribution is -0.137. The van der Waals surface area contributed by atoms with E-state index < -0.39 is 24.3 Å². The van der Waals surface area contributed by atoms with Crippen molar-refractivity contribution in [2.45, 2.75) is 50.4 Å². The highest BCUT2D eigenvalue weighted by atomic mass is 32.1. The first-order chi connectivity index (χ1) is 13.0. The van der Waals surface area contributed by atoms with Crippen LogP contribution in [0.4, 0.5) is 0 Å². The van der Waals surface area contributed by atoms with Gasteiger partial charge in [-0.25, -0.2) is 0 Å². The number of hydrogen-bond donors (Lipinski definition) is 4. The first kappa shape index (κ1) is 21.6. The molecule has 1 aromatic rings. The van der Waals surface area contributed by atoms with Gasteiger partial charge in [0.1, 0.15) is 18.5 Å². The Hall–Kier alpha value is -1.67. The molecule has 0 spiro atoms. The van der Waals surface area contributed by atoms with E-state index in [1.165, 1.54) is 11.3 Å². The zero-order chi connectivity index (χ0) is 19.6. The van der Waals surface area contributed by atoms with Gasteiger partial charge in [0.2, 0.25) is 0 Å². The normalized spacial score (nSPS) is 26.8. The molecule has 1 fully saturated rings. The first-order valence-corrected chi connectivity index (χ1v) is 10.2. The maximum atomic E-state index is 10.5. The fraction of sp³-hybridized carbons (Fsp3) is 0.550. The van der Waals surface area contributed by atoms with E-state index in [9.17, 15) is 20.1 Å². The van der Waals surface area contributed by atoms with Gasteiger partial charge in [-0.2, -0.15) is 0 Å². The summed E-state index contributed by atoms with van der Waals surface area (Å²) in [4.78, 5) is 10.5. The minimum Gasteiger partial charge on any atom is -0.490 e. The molecule has 1 unspecified atom stereocenters. The number of hydrogen-bond acceptors (Lipinski definition) is 6. The highest BCUT2D eigenvalue weighted by molar-refractivity contribution is 7.08. The van der Waals surface area contributed by atoms with Crippen molar-refractivity contribution in [3.8, 4) is 5.75 Å².